The molecule has 0 saturated carbocycles. The minimum Gasteiger partial charge on any atom is -0.384 e. The molecule has 4 aromatic heterocycles. The lowest BCUT2D eigenvalue weighted by Gasteiger charge is -2.13. The number of para-hydroxylation sites is 1. The van der Waals surface area contributed by atoms with Crippen LogP contribution < -0.4 is 0 Å². The van der Waals surface area contributed by atoms with Gasteiger partial charge in [-0.3, -0.25) is 15.0 Å². The molecular formula is C20H14N6OS. The van der Waals surface area contributed by atoms with Gasteiger partial charge in [-0.05, 0) is 29.8 Å². The smallest absolute Gasteiger partial charge is 0.171 e. The van der Waals surface area contributed by atoms with Gasteiger partial charge in [0.2, 0.25) is 0 Å². The average Bonchev–Trinajstić information content (AvgIpc) is 3.43. The Hall–Kier alpha value is -3.49. The Morgan fingerprint density at radius 3 is 2.64 bits per heavy atom. The summed E-state index contributed by atoms with van der Waals surface area (Å²) in [4.78, 5) is 17.7. The highest BCUT2D eigenvalue weighted by atomic mass is 32.1. The van der Waals surface area contributed by atoms with Gasteiger partial charge in [0.05, 0.1) is 15.9 Å². The Bertz CT molecular complexity index is 1230. The zero-order valence-corrected chi connectivity index (χ0v) is 15.3. The summed E-state index contributed by atoms with van der Waals surface area (Å²) in [5.41, 5.74) is 3.89. The normalized spacial score (nSPS) is 12.3. The van der Waals surface area contributed by atoms with E-state index in [1.54, 1.807) is 36.1 Å². The third kappa shape index (κ3) is 2.84. The number of hydrogen-bond acceptors (Lipinski definition) is 7. The van der Waals surface area contributed by atoms with Gasteiger partial charge in [-0.1, -0.05) is 12.1 Å². The van der Waals surface area contributed by atoms with E-state index in [4.69, 9.17) is 0 Å². The van der Waals surface area contributed by atoms with Gasteiger partial charge in [0, 0.05) is 40.8 Å². The van der Waals surface area contributed by atoms with Crippen LogP contribution in [0, 0.1) is 0 Å². The third-order valence-corrected chi connectivity index (χ3v) is 5.68. The molecular weight excluding hydrogens is 372 g/mol. The van der Waals surface area contributed by atoms with Crippen LogP contribution in [0.15, 0.2) is 67.5 Å². The van der Waals surface area contributed by atoms with Crippen LogP contribution in [0.25, 0.3) is 32.2 Å². The van der Waals surface area contributed by atoms with Crippen molar-refractivity contribution in [1.82, 2.24) is 30.1 Å². The van der Waals surface area contributed by atoms with Crippen molar-refractivity contribution in [2.24, 2.45) is 0 Å². The Morgan fingerprint density at radius 2 is 1.82 bits per heavy atom. The van der Waals surface area contributed by atoms with Crippen molar-refractivity contribution in [1.29, 1.82) is 0 Å². The van der Waals surface area contributed by atoms with Crippen LogP contribution in [-0.2, 0) is 0 Å². The Morgan fingerprint density at radius 1 is 0.964 bits per heavy atom. The summed E-state index contributed by atoms with van der Waals surface area (Å²) in [6.07, 6.45) is 7.42. The van der Waals surface area contributed by atoms with Gasteiger partial charge in [-0.2, -0.15) is 0 Å². The molecule has 0 radical (unpaired) electrons. The molecule has 0 spiro atoms. The number of benzene rings is 1. The molecule has 1 atom stereocenters. The van der Waals surface area contributed by atoms with Crippen molar-refractivity contribution in [3.8, 4) is 21.1 Å². The summed E-state index contributed by atoms with van der Waals surface area (Å²) in [7, 11) is 0. The summed E-state index contributed by atoms with van der Waals surface area (Å²) < 4.78 is 0. The van der Waals surface area contributed by atoms with Crippen LogP contribution >= 0.6 is 11.3 Å². The third-order valence-electron chi connectivity index (χ3n) is 4.48. The largest absolute Gasteiger partial charge is 0.384 e. The van der Waals surface area contributed by atoms with E-state index in [9.17, 15) is 5.11 Å². The Balaban J connectivity index is 1.69. The van der Waals surface area contributed by atoms with Crippen LogP contribution in [0.5, 0.6) is 0 Å². The summed E-state index contributed by atoms with van der Waals surface area (Å²) in [6.45, 7) is 0. The van der Waals surface area contributed by atoms with E-state index in [1.165, 1.54) is 6.33 Å². The van der Waals surface area contributed by atoms with Crippen molar-refractivity contribution in [2.75, 3.05) is 0 Å². The predicted molar refractivity (Wildman–Crippen MR) is 107 cm³/mol. The lowest BCUT2D eigenvalue weighted by atomic mass is 9.99. The number of aromatic nitrogens is 6. The standard InChI is InChI=1S/C20H14N6OS/c27-18(13-2-1-3-15-17(13)23-9-8-22-15)14-10-16(12-4-6-21-7-5-12)28-19(14)20-24-11-25-26-20/h1-11,18,27H,(H,24,25,26). The molecule has 0 aliphatic rings. The molecule has 4 heterocycles. The van der Waals surface area contributed by atoms with Gasteiger partial charge < -0.3 is 10.1 Å². The number of H-pyrrole nitrogens is 1. The minimum atomic E-state index is -0.882. The van der Waals surface area contributed by atoms with Crippen LogP contribution in [0.4, 0.5) is 0 Å². The van der Waals surface area contributed by atoms with E-state index < -0.39 is 6.10 Å². The minimum absolute atomic E-state index is 0.616. The second-order valence-corrected chi connectivity index (χ2v) is 7.19. The summed E-state index contributed by atoms with van der Waals surface area (Å²) in [6, 6.07) is 11.5. The number of rotatable bonds is 4. The topological polar surface area (TPSA) is 100 Å². The number of aromatic amines is 1. The van der Waals surface area contributed by atoms with Crippen LogP contribution in [0.3, 0.4) is 0 Å². The zero-order valence-electron chi connectivity index (χ0n) is 14.5. The Labute approximate surface area is 163 Å². The molecule has 5 rings (SSSR count). The molecule has 136 valence electrons. The fraction of sp³-hybridized carbons (Fsp3) is 0.0500. The maximum Gasteiger partial charge on any atom is 0.171 e. The van der Waals surface area contributed by atoms with Crippen molar-refractivity contribution >= 4 is 22.4 Å². The maximum absolute atomic E-state index is 11.3. The van der Waals surface area contributed by atoms with Crippen molar-refractivity contribution < 1.29 is 5.11 Å². The zero-order chi connectivity index (χ0) is 18.9. The molecule has 0 aliphatic heterocycles. The quantitative estimate of drug-likeness (QED) is 0.489. The molecule has 0 aliphatic carbocycles. The lowest BCUT2D eigenvalue weighted by Crippen LogP contribution is -2.02. The second-order valence-electron chi connectivity index (χ2n) is 6.14. The molecule has 0 saturated heterocycles. The average molecular weight is 386 g/mol. The Kier molecular flexibility index (Phi) is 4.12. The van der Waals surface area contributed by atoms with Crippen molar-refractivity contribution in [3.05, 3.63) is 78.6 Å². The van der Waals surface area contributed by atoms with Gasteiger partial charge in [0.25, 0.3) is 0 Å². The van der Waals surface area contributed by atoms with Crippen LogP contribution in [-0.4, -0.2) is 35.2 Å². The highest BCUT2D eigenvalue weighted by Gasteiger charge is 2.23. The first-order valence-corrected chi connectivity index (χ1v) is 9.41. The summed E-state index contributed by atoms with van der Waals surface area (Å²) in [5, 5.41) is 19.3. The number of fused-ring (bicyclic) bond motifs is 1. The molecule has 7 nitrogen and oxygen atoms in total. The molecule has 1 aromatic carbocycles. The SMILES string of the molecule is OC(c1cc(-c2ccncc2)sc1-c1nnc[nH]1)c1cccc2nccnc12. The molecule has 5 aromatic rings. The number of hydrogen-bond donors (Lipinski definition) is 2. The number of aliphatic hydroxyl groups is 1. The molecule has 2 N–H and O–H groups in total. The maximum atomic E-state index is 11.3. The van der Waals surface area contributed by atoms with Crippen LogP contribution in [0.2, 0.25) is 0 Å². The molecule has 0 fully saturated rings. The van der Waals surface area contributed by atoms with Crippen molar-refractivity contribution in [3.63, 3.8) is 0 Å². The molecule has 0 bridgehead atoms. The molecule has 28 heavy (non-hydrogen) atoms. The monoisotopic (exact) mass is 386 g/mol. The van der Waals surface area contributed by atoms with E-state index >= 15 is 0 Å². The van der Waals surface area contributed by atoms with Gasteiger partial charge in [0.15, 0.2) is 5.82 Å². The van der Waals surface area contributed by atoms with Gasteiger partial charge >= 0.3 is 0 Å². The fourth-order valence-electron chi connectivity index (χ4n) is 3.17. The fourth-order valence-corrected chi connectivity index (χ4v) is 4.32. The number of nitrogens with one attached hydrogen (secondary N) is 1. The summed E-state index contributed by atoms with van der Waals surface area (Å²) in [5.74, 6) is 0.616. The highest BCUT2D eigenvalue weighted by molar-refractivity contribution is 7.19. The van der Waals surface area contributed by atoms with E-state index in [0.29, 0.717) is 16.9 Å². The number of pyridine rings is 1. The van der Waals surface area contributed by atoms with Gasteiger partial charge in [-0.25, -0.2) is 0 Å². The lowest BCUT2D eigenvalue weighted by molar-refractivity contribution is 0.222. The number of aliphatic hydroxyl groups excluding tert-OH is 1. The summed E-state index contributed by atoms with van der Waals surface area (Å²) >= 11 is 1.54. The van der Waals surface area contributed by atoms with E-state index in [2.05, 4.69) is 30.1 Å². The first-order valence-electron chi connectivity index (χ1n) is 8.59. The van der Waals surface area contributed by atoms with Gasteiger partial charge in [0.1, 0.15) is 12.4 Å². The highest BCUT2D eigenvalue weighted by Crippen LogP contribution is 2.41. The van der Waals surface area contributed by atoms with Crippen molar-refractivity contribution in [2.45, 2.75) is 6.10 Å². The molecule has 0 amide bonds. The molecule has 1 unspecified atom stereocenters. The molecule has 8 heteroatoms. The van der Waals surface area contributed by atoms with E-state index in [1.807, 2.05) is 36.4 Å². The van der Waals surface area contributed by atoms with Crippen LogP contribution in [0.1, 0.15) is 17.2 Å². The first-order chi connectivity index (χ1) is 13.8. The second kappa shape index (κ2) is 6.91. The first kappa shape index (κ1) is 16.7. The van der Waals surface area contributed by atoms with Gasteiger partial charge in [-0.15, -0.1) is 21.5 Å². The number of nitrogens with zero attached hydrogens (tertiary/aromatic N) is 5. The number of thiophene rings is 1. The van der Waals surface area contributed by atoms with E-state index in [0.717, 1.165) is 26.4 Å². The van der Waals surface area contributed by atoms with E-state index in [-0.39, 0.29) is 0 Å². The predicted octanol–water partition coefficient (Wildman–Crippen LogP) is 3.62.